The maximum absolute atomic E-state index is 12.7. The van der Waals surface area contributed by atoms with Crippen LogP contribution in [0, 0.1) is 5.92 Å². The SMILES string of the molecule is CCOCCC1CCOC12CN(C(=O)c1ccc3c(c1)OCO3)C2. The zero-order valence-corrected chi connectivity index (χ0v) is 14.0. The monoisotopic (exact) mass is 333 g/mol. The Morgan fingerprint density at radius 3 is 3.00 bits per heavy atom. The number of carbonyl (C=O) groups excluding carboxylic acids is 1. The van der Waals surface area contributed by atoms with Gasteiger partial charge in [0.25, 0.3) is 5.91 Å². The molecule has 6 heteroatoms. The van der Waals surface area contributed by atoms with Crippen molar-refractivity contribution in [3.63, 3.8) is 0 Å². The van der Waals surface area contributed by atoms with Gasteiger partial charge in [0.15, 0.2) is 11.5 Å². The predicted octanol–water partition coefficient (Wildman–Crippen LogP) is 2.07. The molecule has 2 saturated heterocycles. The molecule has 0 bridgehead atoms. The fourth-order valence-corrected chi connectivity index (χ4v) is 3.87. The quantitative estimate of drug-likeness (QED) is 0.772. The Morgan fingerprint density at radius 2 is 2.17 bits per heavy atom. The number of nitrogens with zero attached hydrogens (tertiary/aromatic N) is 1. The van der Waals surface area contributed by atoms with Crippen molar-refractivity contribution in [2.75, 3.05) is 39.7 Å². The number of carbonyl (C=O) groups is 1. The van der Waals surface area contributed by atoms with Crippen molar-refractivity contribution in [3.8, 4) is 11.5 Å². The summed E-state index contributed by atoms with van der Waals surface area (Å²) in [4.78, 5) is 14.5. The summed E-state index contributed by atoms with van der Waals surface area (Å²) in [6.07, 6.45) is 2.05. The minimum absolute atomic E-state index is 0.0259. The molecule has 6 nitrogen and oxygen atoms in total. The van der Waals surface area contributed by atoms with E-state index >= 15 is 0 Å². The van der Waals surface area contributed by atoms with Gasteiger partial charge in [-0.2, -0.15) is 0 Å². The summed E-state index contributed by atoms with van der Waals surface area (Å²) in [5, 5.41) is 0. The molecule has 3 aliphatic rings. The Balaban J connectivity index is 1.38. The fourth-order valence-electron chi connectivity index (χ4n) is 3.87. The molecule has 1 aromatic carbocycles. The first kappa shape index (κ1) is 15.7. The van der Waals surface area contributed by atoms with E-state index in [1.54, 1.807) is 18.2 Å². The summed E-state index contributed by atoms with van der Waals surface area (Å²) in [6.45, 7) is 5.85. The minimum Gasteiger partial charge on any atom is -0.454 e. The van der Waals surface area contributed by atoms with Crippen molar-refractivity contribution < 1.29 is 23.7 Å². The molecule has 1 aromatic rings. The van der Waals surface area contributed by atoms with Crippen LogP contribution in [0.3, 0.4) is 0 Å². The maximum atomic E-state index is 12.7. The van der Waals surface area contributed by atoms with Crippen LogP contribution in [0.4, 0.5) is 0 Å². The van der Waals surface area contributed by atoms with Crippen LogP contribution in [-0.4, -0.2) is 56.1 Å². The molecule has 3 aliphatic heterocycles. The third-order valence-electron chi connectivity index (χ3n) is 5.24. The lowest BCUT2D eigenvalue weighted by Crippen LogP contribution is -2.66. The maximum Gasteiger partial charge on any atom is 0.254 e. The van der Waals surface area contributed by atoms with Gasteiger partial charge in [-0.3, -0.25) is 4.79 Å². The van der Waals surface area contributed by atoms with E-state index in [1.807, 2.05) is 11.8 Å². The van der Waals surface area contributed by atoms with Crippen LogP contribution in [-0.2, 0) is 9.47 Å². The number of hydrogen-bond acceptors (Lipinski definition) is 5. The van der Waals surface area contributed by atoms with Gasteiger partial charge in [0, 0.05) is 25.4 Å². The molecule has 1 atom stereocenters. The average Bonchev–Trinajstić information content (AvgIpc) is 3.19. The van der Waals surface area contributed by atoms with E-state index in [-0.39, 0.29) is 18.3 Å². The highest BCUT2D eigenvalue weighted by Gasteiger charge is 2.54. The van der Waals surface area contributed by atoms with E-state index < -0.39 is 0 Å². The number of ether oxygens (including phenoxy) is 4. The Labute approximate surface area is 141 Å². The smallest absolute Gasteiger partial charge is 0.254 e. The molecule has 130 valence electrons. The summed E-state index contributed by atoms with van der Waals surface area (Å²) >= 11 is 0. The zero-order valence-electron chi connectivity index (χ0n) is 14.0. The number of benzene rings is 1. The van der Waals surface area contributed by atoms with Crippen molar-refractivity contribution in [1.29, 1.82) is 0 Å². The number of hydrogen-bond donors (Lipinski definition) is 0. The molecule has 4 rings (SSSR count). The standard InChI is InChI=1S/C18H23NO5/c1-2-21-7-5-14-6-8-24-18(14)10-19(11-18)17(20)13-3-4-15-16(9-13)23-12-22-15/h3-4,9,14H,2,5-8,10-12H2,1H3. The van der Waals surface area contributed by atoms with Crippen LogP contribution in [0.5, 0.6) is 11.5 Å². The van der Waals surface area contributed by atoms with Crippen LogP contribution in [0.25, 0.3) is 0 Å². The molecule has 0 N–H and O–H groups in total. The van der Waals surface area contributed by atoms with Gasteiger partial charge in [0.1, 0.15) is 5.60 Å². The molecular formula is C18H23NO5. The third kappa shape index (κ3) is 2.63. The molecule has 1 unspecified atom stereocenters. The van der Waals surface area contributed by atoms with Gasteiger partial charge < -0.3 is 23.8 Å². The number of likely N-dealkylation sites (tertiary alicyclic amines) is 1. The van der Waals surface area contributed by atoms with Crippen LogP contribution < -0.4 is 9.47 Å². The van der Waals surface area contributed by atoms with Gasteiger partial charge in [-0.25, -0.2) is 0 Å². The molecule has 1 amide bonds. The minimum atomic E-state index is -0.164. The van der Waals surface area contributed by atoms with Crippen molar-refractivity contribution in [3.05, 3.63) is 23.8 Å². The molecule has 0 saturated carbocycles. The number of rotatable bonds is 5. The van der Waals surface area contributed by atoms with Gasteiger partial charge in [0.2, 0.25) is 6.79 Å². The summed E-state index contributed by atoms with van der Waals surface area (Å²) in [5.41, 5.74) is 0.473. The summed E-state index contributed by atoms with van der Waals surface area (Å²) in [5.74, 6) is 1.84. The molecule has 3 heterocycles. The Bertz CT molecular complexity index is 626. The second kappa shape index (κ2) is 6.26. The fraction of sp³-hybridized carbons (Fsp3) is 0.611. The summed E-state index contributed by atoms with van der Waals surface area (Å²) < 4.78 is 22.1. The van der Waals surface area contributed by atoms with Gasteiger partial charge >= 0.3 is 0 Å². The number of fused-ring (bicyclic) bond motifs is 1. The summed E-state index contributed by atoms with van der Waals surface area (Å²) in [6, 6.07) is 5.35. The van der Waals surface area contributed by atoms with E-state index in [9.17, 15) is 4.79 Å². The molecular weight excluding hydrogens is 310 g/mol. The van der Waals surface area contributed by atoms with Gasteiger partial charge in [0.05, 0.1) is 13.1 Å². The summed E-state index contributed by atoms with van der Waals surface area (Å²) in [7, 11) is 0. The Morgan fingerprint density at radius 1 is 1.33 bits per heavy atom. The van der Waals surface area contributed by atoms with Crippen molar-refractivity contribution in [2.45, 2.75) is 25.4 Å². The second-order valence-electron chi connectivity index (χ2n) is 6.61. The molecule has 24 heavy (non-hydrogen) atoms. The zero-order chi connectivity index (χ0) is 16.6. The Kier molecular flexibility index (Phi) is 4.10. The normalized spacial score (nSPS) is 23.5. The molecule has 2 fully saturated rings. The van der Waals surface area contributed by atoms with Crippen molar-refractivity contribution in [1.82, 2.24) is 4.90 Å². The molecule has 0 aromatic heterocycles. The molecule has 0 radical (unpaired) electrons. The van der Waals surface area contributed by atoms with E-state index in [0.29, 0.717) is 36.1 Å². The highest BCUT2D eigenvalue weighted by molar-refractivity contribution is 5.95. The van der Waals surface area contributed by atoms with E-state index in [0.717, 1.165) is 32.7 Å². The predicted molar refractivity (Wildman–Crippen MR) is 86.4 cm³/mol. The van der Waals surface area contributed by atoms with Crippen LogP contribution in [0.2, 0.25) is 0 Å². The number of amides is 1. The second-order valence-corrected chi connectivity index (χ2v) is 6.61. The molecule has 0 aliphatic carbocycles. The van der Waals surface area contributed by atoms with E-state index in [1.165, 1.54) is 0 Å². The highest BCUT2D eigenvalue weighted by Crippen LogP contribution is 2.42. The van der Waals surface area contributed by atoms with Gasteiger partial charge in [-0.05, 0) is 43.9 Å². The van der Waals surface area contributed by atoms with Gasteiger partial charge in [-0.15, -0.1) is 0 Å². The Hall–Kier alpha value is -1.79. The van der Waals surface area contributed by atoms with Crippen LogP contribution >= 0.6 is 0 Å². The lowest BCUT2D eigenvalue weighted by Gasteiger charge is -2.50. The topological polar surface area (TPSA) is 57.2 Å². The first-order valence-electron chi connectivity index (χ1n) is 8.62. The van der Waals surface area contributed by atoms with Crippen molar-refractivity contribution in [2.24, 2.45) is 5.92 Å². The lowest BCUT2D eigenvalue weighted by atomic mass is 9.79. The first-order valence-corrected chi connectivity index (χ1v) is 8.62. The third-order valence-corrected chi connectivity index (χ3v) is 5.24. The first-order chi connectivity index (χ1) is 11.7. The van der Waals surface area contributed by atoms with Gasteiger partial charge in [-0.1, -0.05) is 0 Å². The van der Waals surface area contributed by atoms with E-state index in [2.05, 4.69) is 0 Å². The van der Waals surface area contributed by atoms with Crippen LogP contribution in [0.1, 0.15) is 30.1 Å². The largest absolute Gasteiger partial charge is 0.454 e. The highest BCUT2D eigenvalue weighted by atomic mass is 16.7. The lowest BCUT2D eigenvalue weighted by molar-refractivity contribution is -0.120. The van der Waals surface area contributed by atoms with E-state index in [4.69, 9.17) is 18.9 Å². The van der Waals surface area contributed by atoms with Crippen molar-refractivity contribution >= 4 is 5.91 Å². The van der Waals surface area contributed by atoms with Crippen LogP contribution in [0.15, 0.2) is 18.2 Å². The molecule has 1 spiro atoms. The average molecular weight is 333 g/mol.